The molecular formula is C18H15NO7S-2. The van der Waals surface area contributed by atoms with E-state index < -0.39 is 22.0 Å². The first-order valence-electron chi connectivity index (χ1n) is 7.60. The minimum absolute atomic E-state index is 0.0663. The molecule has 1 N–H and O–H groups in total. The van der Waals surface area contributed by atoms with Crippen molar-refractivity contribution in [2.75, 3.05) is 7.11 Å². The molecule has 0 saturated heterocycles. The molecule has 0 fully saturated rings. The number of nitrogens with one attached hydrogen (secondary N) is 1. The zero-order chi connectivity index (χ0) is 20.0. The van der Waals surface area contributed by atoms with Gasteiger partial charge in [-0.1, -0.05) is 30.3 Å². The van der Waals surface area contributed by atoms with Crippen molar-refractivity contribution in [1.82, 2.24) is 4.72 Å². The average molecular weight is 389 g/mol. The lowest BCUT2D eigenvalue weighted by Gasteiger charge is -2.12. The van der Waals surface area contributed by atoms with Crippen molar-refractivity contribution in [3.05, 3.63) is 65.2 Å². The van der Waals surface area contributed by atoms with E-state index in [0.717, 1.165) is 6.08 Å². The molecule has 0 aliphatic carbocycles. The van der Waals surface area contributed by atoms with Gasteiger partial charge in [-0.15, -0.1) is 0 Å². The minimum Gasteiger partial charge on any atom is -0.545 e. The predicted molar refractivity (Wildman–Crippen MR) is 91.8 cm³/mol. The summed E-state index contributed by atoms with van der Waals surface area (Å²) in [5.74, 6) is -2.72. The van der Waals surface area contributed by atoms with Gasteiger partial charge in [0.15, 0.2) is 0 Å². The van der Waals surface area contributed by atoms with E-state index in [1.54, 1.807) is 6.07 Å². The van der Waals surface area contributed by atoms with Gasteiger partial charge in [0, 0.05) is 6.54 Å². The number of hydrogen-bond donors (Lipinski definition) is 1. The lowest BCUT2D eigenvalue weighted by Crippen LogP contribution is -2.25. The first kappa shape index (κ1) is 20.1. The van der Waals surface area contributed by atoms with Crippen LogP contribution in [-0.2, 0) is 21.4 Å². The van der Waals surface area contributed by atoms with E-state index >= 15 is 0 Å². The fourth-order valence-electron chi connectivity index (χ4n) is 2.24. The van der Waals surface area contributed by atoms with Gasteiger partial charge in [0.25, 0.3) is 0 Å². The second-order valence-electron chi connectivity index (χ2n) is 5.38. The number of ether oxygens (including phenoxy) is 1. The Balaban J connectivity index is 2.29. The van der Waals surface area contributed by atoms with Crippen molar-refractivity contribution in [3.63, 3.8) is 0 Å². The highest BCUT2D eigenvalue weighted by Gasteiger charge is 2.19. The number of carbonyl (C=O) groups is 2. The fraction of sp³-hybridized carbons (Fsp3) is 0.111. The smallest absolute Gasteiger partial charge is 0.244 e. The molecule has 2 rings (SSSR count). The topological polar surface area (TPSA) is 136 Å². The SMILES string of the molecule is COc1ccc(/C=C/C(=O)[O-])cc1S(=O)(=O)NCc1cccc(C(=O)[O-])c1. The third kappa shape index (κ3) is 5.40. The van der Waals surface area contributed by atoms with Crippen molar-refractivity contribution >= 4 is 28.0 Å². The first-order chi connectivity index (χ1) is 12.7. The predicted octanol–water partition coefficient (Wildman–Crippen LogP) is -0.700. The highest BCUT2D eigenvalue weighted by molar-refractivity contribution is 7.89. The molecule has 0 heterocycles. The molecule has 0 bridgehead atoms. The van der Waals surface area contributed by atoms with Gasteiger partial charge in [-0.25, -0.2) is 13.1 Å². The molecule has 0 amide bonds. The lowest BCUT2D eigenvalue weighted by atomic mass is 10.1. The van der Waals surface area contributed by atoms with Gasteiger partial charge in [-0.05, 0) is 41.0 Å². The van der Waals surface area contributed by atoms with Gasteiger partial charge < -0.3 is 24.5 Å². The van der Waals surface area contributed by atoms with E-state index in [1.165, 1.54) is 49.6 Å². The Labute approximate surface area is 155 Å². The molecule has 2 aromatic rings. The van der Waals surface area contributed by atoms with Gasteiger partial charge in [-0.3, -0.25) is 0 Å². The summed E-state index contributed by atoms with van der Waals surface area (Å²) in [6, 6.07) is 9.79. The Morgan fingerprint density at radius 2 is 1.89 bits per heavy atom. The van der Waals surface area contributed by atoms with Crippen molar-refractivity contribution in [1.29, 1.82) is 0 Å². The summed E-state index contributed by atoms with van der Waals surface area (Å²) in [5.41, 5.74) is 0.672. The summed E-state index contributed by atoms with van der Waals surface area (Å²) >= 11 is 0. The zero-order valence-corrected chi connectivity index (χ0v) is 15.0. The number of carbonyl (C=O) groups excluding carboxylic acids is 2. The van der Waals surface area contributed by atoms with Crippen LogP contribution in [0.15, 0.2) is 53.4 Å². The second-order valence-corrected chi connectivity index (χ2v) is 7.11. The van der Waals surface area contributed by atoms with Crippen molar-refractivity contribution in [2.45, 2.75) is 11.4 Å². The molecule has 0 aromatic heterocycles. The molecule has 142 valence electrons. The van der Waals surface area contributed by atoms with Gasteiger partial charge >= 0.3 is 0 Å². The Kier molecular flexibility index (Phi) is 6.32. The highest BCUT2D eigenvalue weighted by Crippen LogP contribution is 2.25. The van der Waals surface area contributed by atoms with E-state index in [-0.39, 0.29) is 22.8 Å². The molecule has 0 saturated carbocycles. The van der Waals surface area contributed by atoms with E-state index in [4.69, 9.17) is 4.74 Å². The molecular weight excluding hydrogens is 374 g/mol. The molecule has 0 unspecified atom stereocenters. The molecule has 0 atom stereocenters. The number of rotatable bonds is 8. The molecule has 0 spiro atoms. The van der Waals surface area contributed by atoms with Gasteiger partial charge in [-0.2, -0.15) is 0 Å². The molecule has 0 radical (unpaired) electrons. The fourth-order valence-corrected chi connectivity index (χ4v) is 3.46. The van der Waals surface area contributed by atoms with Crippen molar-refractivity contribution in [3.8, 4) is 5.75 Å². The highest BCUT2D eigenvalue weighted by atomic mass is 32.2. The summed E-state index contributed by atoms with van der Waals surface area (Å²) < 4.78 is 32.7. The number of carboxylic acids is 2. The maximum atomic E-state index is 12.6. The quantitative estimate of drug-likeness (QED) is 0.590. The Bertz CT molecular complexity index is 997. The summed E-state index contributed by atoms with van der Waals surface area (Å²) in [5, 5.41) is 21.4. The second kappa shape index (κ2) is 8.47. The number of carboxylic acid groups (broad SMARTS) is 2. The number of methoxy groups -OCH3 is 1. The summed E-state index contributed by atoms with van der Waals surface area (Å²) in [6.45, 7) is -0.161. The summed E-state index contributed by atoms with van der Waals surface area (Å²) in [6.07, 6.45) is 1.97. The Hall–Kier alpha value is -3.17. The van der Waals surface area contributed by atoms with Crippen LogP contribution in [0.4, 0.5) is 0 Å². The van der Waals surface area contributed by atoms with Crippen LogP contribution in [0.5, 0.6) is 5.75 Å². The van der Waals surface area contributed by atoms with Gasteiger partial charge in [0.05, 0.1) is 19.0 Å². The normalized spacial score (nSPS) is 11.4. The minimum atomic E-state index is -4.03. The maximum Gasteiger partial charge on any atom is 0.244 e. The van der Waals surface area contributed by atoms with E-state index in [9.17, 15) is 28.2 Å². The van der Waals surface area contributed by atoms with Gasteiger partial charge in [0.2, 0.25) is 10.0 Å². The van der Waals surface area contributed by atoms with Crippen LogP contribution in [0.3, 0.4) is 0 Å². The summed E-state index contributed by atoms with van der Waals surface area (Å²) in [4.78, 5) is 21.2. The van der Waals surface area contributed by atoms with Crippen LogP contribution < -0.4 is 19.7 Å². The third-order valence-corrected chi connectivity index (χ3v) is 4.94. The van der Waals surface area contributed by atoms with Crippen LogP contribution in [0, 0.1) is 0 Å². The molecule has 8 nitrogen and oxygen atoms in total. The molecule has 9 heteroatoms. The van der Waals surface area contributed by atoms with Crippen LogP contribution in [0.25, 0.3) is 6.08 Å². The van der Waals surface area contributed by atoms with Gasteiger partial charge in [0.1, 0.15) is 10.6 Å². The van der Waals surface area contributed by atoms with Crippen molar-refractivity contribution < 1.29 is 33.0 Å². The Morgan fingerprint density at radius 1 is 1.15 bits per heavy atom. The lowest BCUT2D eigenvalue weighted by molar-refractivity contribution is -0.297. The summed E-state index contributed by atoms with van der Waals surface area (Å²) in [7, 11) is -2.73. The van der Waals surface area contributed by atoms with E-state index in [0.29, 0.717) is 11.1 Å². The third-order valence-electron chi connectivity index (χ3n) is 3.52. The molecule has 0 aliphatic heterocycles. The monoisotopic (exact) mass is 389 g/mol. The molecule has 2 aromatic carbocycles. The first-order valence-corrected chi connectivity index (χ1v) is 9.08. The number of sulfonamides is 1. The zero-order valence-electron chi connectivity index (χ0n) is 14.2. The molecule has 27 heavy (non-hydrogen) atoms. The van der Waals surface area contributed by atoms with E-state index in [1.807, 2.05) is 0 Å². The number of aromatic carboxylic acids is 1. The standard InChI is InChI=1S/C18H17NO7S/c1-26-15-7-5-12(6-8-17(20)21)10-16(15)27(24,25)19-11-13-3-2-4-14(9-13)18(22)23/h2-10,19H,11H2,1H3,(H,20,21)(H,22,23)/p-2/b8-6+. The van der Waals surface area contributed by atoms with Crippen LogP contribution in [0.2, 0.25) is 0 Å². The number of benzene rings is 2. The van der Waals surface area contributed by atoms with Crippen molar-refractivity contribution in [2.24, 2.45) is 0 Å². The Morgan fingerprint density at radius 3 is 2.52 bits per heavy atom. The maximum absolute atomic E-state index is 12.6. The van der Waals surface area contributed by atoms with Crippen LogP contribution >= 0.6 is 0 Å². The number of hydrogen-bond acceptors (Lipinski definition) is 7. The number of aliphatic carboxylic acids is 1. The van der Waals surface area contributed by atoms with Crippen LogP contribution in [0.1, 0.15) is 21.5 Å². The average Bonchev–Trinajstić information content (AvgIpc) is 2.64. The van der Waals surface area contributed by atoms with E-state index in [2.05, 4.69) is 4.72 Å². The van der Waals surface area contributed by atoms with Crippen LogP contribution in [-0.4, -0.2) is 27.5 Å². The molecule has 0 aliphatic rings. The largest absolute Gasteiger partial charge is 0.545 e.